The van der Waals surface area contributed by atoms with Crippen molar-refractivity contribution in [2.24, 2.45) is 0 Å². The second-order valence-electron chi connectivity index (χ2n) is 9.00. The van der Waals surface area contributed by atoms with Gasteiger partial charge >= 0.3 is 0 Å². The van der Waals surface area contributed by atoms with Crippen molar-refractivity contribution < 1.29 is 26.7 Å². The number of aryl methyl sites for hydroxylation is 1. The summed E-state index contributed by atoms with van der Waals surface area (Å²) in [4.78, 5) is 14.3. The molecule has 3 aromatic rings. The van der Waals surface area contributed by atoms with Gasteiger partial charge in [0.05, 0.1) is 11.4 Å². The van der Waals surface area contributed by atoms with Crippen LogP contribution in [0, 0.1) is 11.6 Å². The first-order chi connectivity index (χ1) is 17.8. The minimum Gasteiger partial charge on any atom is -0.492 e. The summed E-state index contributed by atoms with van der Waals surface area (Å²) in [6, 6.07) is 9.70. The zero-order chi connectivity index (χ0) is 26.3. The number of rotatable bonds is 11. The van der Waals surface area contributed by atoms with Gasteiger partial charge in [-0.25, -0.2) is 21.9 Å². The molecule has 1 amide bonds. The molecule has 4 rings (SSSR count). The van der Waals surface area contributed by atoms with E-state index in [1.165, 1.54) is 19.3 Å². The lowest BCUT2D eigenvalue weighted by Crippen LogP contribution is -2.33. The lowest BCUT2D eigenvalue weighted by molar-refractivity contribution is -0.119. The number of hydrogen-bond donors (Lipinski definition) is 1. The first-order valence-corrected chi connectivity index (χ1v) is 13.7. The molecule has 0 bridgehead atoms. The van der Waals surface area contributed by atoms with E-state index in [2.05, 4.69) is 10.00 Å². The fraction of sp³-hybridized carbons (Fsp3) is 0.385. The number of benzene rings is 2. The molecule has 0 atom stereocenters. The van der Waals surface area contributed by atoms with Gasteiger partial charge in [0, 0.05) is 25.4 Å². The standard InChI is InChI=1S/C26H30F2N4O4S/c27-23-9-8-22(18-24(23)28)37(34,35)30-26(33)10-7-21-6-5-20(19-32-14-4-11-29-32)17-25(21)36-16-15-31-12-2-1-3-13-31/h4-6,8-9,11,14,17-18H,1-3,7,10,12-13,15-16,19H2,(H,30,33). The van der Waals surface area contributed by atoms with Crippen molar-refractivity contribution in [2.45, 2.75) is 43.5 Å². The second kappa shape index (κ2) is 12.3. The maximum absolute atomic E-state index is 13.5. The first kappa shape index (κ1) is 26.7. The fourth-order valence-electron chi connectivity index (χ4n) is 4.24. The van der Waals surface area contributed by atoms with Crippen LogP contribution in [0.5, 0.6) is 5.75 Å². The molecule has 2 heterocycles. The van der Waals surface area contributed by atoms with E-state index < -0.39 is 32.5 Å². The largest absolute Gasteiger partial charge is 0.492 e. The van der Waals surface area contributed by atoms with E-state index in [4.69, 9.17) is 4.74 Å². The summed E-state index contributed by atoms with van der Waals surface area (Å²) in [6.45, 7) is 3.97. The molecule has 11 heteroatoms. The highest BCUT2D eigenvalue weighted by molar-refractivity contribution is 7.90. The third-order valence-electron chi connectivity index (χ3n) is 6.22. The molecule has 0 unspecified atom stereocenters. The predicted molar refractivity (Wildman–Crippen MR) is 134 cm³/mol. The molecule has 1 N–H and O–H groups in total. The van der Waals surface area contributed by atoms with Crippen molar-refractivity contribution in [1.82, 2.24) is 19.4 Å². The Labute approximate surface area is 215 Å². The van der Waals surface area contributed by atoms with Crippen molar-refractivity contribution in [3.8, 4) is 5.75 Å². The normalized spacial score (nSPS) is 14.4. The van der Waals surface area contributed by atoms with Crippen molar-refractivity contribution in [2.75, 3.05) is 26.2 Å². The zero-order valence-corrected chi connectivity index (χ0v) is 21.2. The van der Waals surface area contributed by atoms with Gasteiger partial charge < -0.3 is 4.74 Å². The lowest BCUT2D eigenvalue weighted by Gasteiger charge is -2.26. The monoisotopic (exact) mass is 532 g/mol. The van der Waals surface area contributed by atoms with Crippen molar-refractivity contribution in [1.29, 1.82) is 0 Å². The number of nitrogens with zero attached hydrogens (tertiary/aromatic N) is 3. The van der Waals surface area contributed by atoms with Gasteiger partial charge in [0.15, 0.2) is 11.6 Å². The highest BCUT2D eigenvalue weighted by Crippen LogP contribution is 2.23. The minimum atomic E-state index is -4.33. The molecule has 0 radical (unpaired) electrons. The molecule has 0 aliphatic carbocycles. The van der Waals surface area contributed by atoms with E-state index in [1.807, 2.05) is 35.2 Å². The van der Waals surface area contributed by atoms with Gasteiger partial charge in [-0.2, -0.15) is 5.10 Å². The number of sulfonamides is 1. The average molecular weight is 533 g/mol. The maximum atomic E-state index is 13.5. The molecule has 0 saturated carbocycles. The van der Waals surface area contributed by atoms with Gasteiger partial charge in [0.25, 0.3) is 10.0 Å². The predicted octanol–water partition coefficient (Wildman–Crippen LogP) is 3.51. The number of hydrogen-bond acceptors (Lipinski definition) is 6. The molecular weight excluding hydrogens is 502 g/mol. The molecule has 198 valence electrons. The number of aromatic nitrogens is 2. The Bertz CT molecular complexity index is 1310. The molecule has 1 aliphatic heterocycles. The van der Waals surface area contributed by atoms with E-state index >= 15 is 0 Å². The number of likely N-dealkylation sites (tertiary alicyclic amines) is 1. The van der Waals surface area contributed by atoms with Gasteiger partial charge in [0.2, 0.25) is 5.91 Å². The summed E-state index contributed by atoms with van der Waals surface area (Å²) in [5.41, 5.74) is 1.74. The van der Waals surface area contributed by atoms with Crippen LogP contribution in [-0.2, 0) is 27.8 Å². The molecule has 1 aromatic heterocycles. The summed E-state index contributed by atoms with van der Waals surface area (Å²) in [5.74, 6) is -2.60. The van der Waals surface area contributed by atoms with Gasteiger partial charge in [-0.3, -0.25) is 14.4 Å². The zero-order valence-electron chi connectivity index (χ0n) is 20.4. The first-order valence-electron chi connectivity index (χ1n) is 12.3. The van der Waals surface area contributed by atoms with Crippen molar-refractivity contribution in [3.05, 3.63) is 77.6 Å². The Kier molecular flexibility index (Phi) is 8.88. The summed E-state index contributed by atoms with van der Waals surface area (Å²) >= 11 is 0. The van der Waals surface area contributed by atoms with E-state index in [9.17, 15) is 22.0 Å². The van der Waals surface area contributed by atoms with Gasteiger partial charge in [-0.05, 0) is 73.8 Å². The molecule has 8 nitrogen and oxygen atoms in total. The quantitative estimate of drug-likeness (QED) is 0.406. The Morgan fingerprint density at radius 2 is 1.86 bits per heavy atom. The van der Waals surface area contributed by atoms with E-state index in [0.717, 1.165) is 36.8 Å². The third-order valence-corrected chi connectivity index (χ3v) is 7.59. The molecule has 2 aromatic carbocycles. The van der Waals surface area contributed by atoms with Crippen LogP contribution in [0.1, 0.15) is 36.8 Å². The Morgan fingerprint density at radius 1 is 1.05 bits per heavy atom. The van der Waals surface area contributed by atoms with Crippen LogP contribution >= 0.6 is 0 Å². The van der Waals surface area contributed by atoms with Crippen LogP contribution in [-0.4, -0.2) is 55.2 Å². The van der Waals surface area contributed by atoms with Crippen LogP contribution in [0.2, 0.25) is 0 Å². The van der Waals surface area contributed by atoms with Crippen LogP contribution in [0.15, 0.2) is 59.8 Å². The highest BCUT2D eigenvalue weighted by Gasteiger charge is 2.20. The maximum Gasteiger partial charge on any atom is 0.264 e. The molecule has 1 fully saturated rings. The molecular formula is C26H30F2N4O4S. The topological polar surface area (TPSA) is 93.5 Å². The van der Waals surface area contributed by atoms with Gasteiger partial charge in [-0.1, -0.05) is 18.6 Å². The number of nitrogens with one attached hydrogen (secondary N) is 1. The van der Waals surface area contributed by atoms with Gasteiger partial charge in [0.1, 0.15) is 12.4 Å². The fourth-order valence-corrected chi connectivity index (χ4v) is 5.26. The van der Waals surface area contributed by atoms with E-state index in [-0.39, 0.29) is 12.8 Å². The summed E-state index contributed by atoms with van der Waals surface area (Å²) in [6.07, 6.45) is 7.30. The molecule has 0 spiro atoms. The minimum absolute atomic E-state index is 0.135. The number of piperidine rings is 1. The number of ether oxygens (including phenoxy) is 1. The summed E-state index contributed by atoms with van der Waals surface area (Å²) < 4.78 is 61.3. The van der Waals surface area contributed by atoms with Crippen molar-refractivity contribution >= 4 is 15.9 Å². The smallest absolute Gasteiger partial charge is 0.264 e. The number of carbonyl (C=O) groups excluding carboxylic acids is 1. The molecule has 1 aliphatic rings. The Morgan fingerprint density at radius 3 is 2.59 bits per heavy atom. The third kappa shape index (κ3) is 7.59. The van der Waals surface area contributed by atoms with Crippen LogP contribution in [0.25, 0.3) is 0 Å². The van der Waals surface area contributed by atoms with Crippen LogP contribution < -0.4 is 9.46 Å². The summed E-state index contributed by atoms with van der Waals surface area (Å²) in [7, 11) is -4.33. The van der Waals surface area contributed by atoms with E-state index in [1.54, 1.807) is 10.9 Å². The highest BCUT2D eigenvalue weighted by atomic mass is 32.2. The van der Waals surface area contributed by atoms with Gasteiger partial charge in [-0.15, -0.1) is 0 Å². The molecule has 37 heavy (non-hydrogen) atoms. The second-order valence-corrected chi connectivity index (χ2v) is 10.7. The number of carbonyl (C=O) groups is 1. The van der Waals surface area contributed by atoms with Crippen LogP contribution in [0.3, 0.4) is 0 Å². The Hall–Kier alpha value is -3.31. The van der Waals surface area contributed by atoms with Crippen LogP contribution in [0.4, 0.5) is 8.78 Å². The Balaban J connectivity index is 1.40. The number of amides is 1. The average Bonchev–Trinajstić information content (AvgIpc) is 3.38. The SMILES string of the molecule is O=C(CCc1ccc(Cn2cccn2)cc1OCCN1CCCCC1)NS(=O)(=O)c1ccc(F)c(F)c1. The summed E-state index contributed by atoms with van der Waals surface area (Å²) in [5, 5.41) is 4.23. The molecule has 1 saturated heterocycles. The number of halogens is 2. The van der Waals surface area contributed by atoms with Crippen molar-refractivity contribution in [3.63, 3.8) is 0 Å². The lowest BCUT2D eigenvalue weighted by atomic mass is 10.1. The van der Waals surface area contributed by atoms with E-state index in [0.29, 0.717) is 31.0 Å².